The standard InChI is InChI=1S/C17H18N2O4S/c20-14(19-17(16(21)22)6-7-23-11-17)9-13-10-24-15(18-13)8-12-4-2-1-3-5-12/h1-5,10H,6-9,11H2,(H,19,20)(H,21,22). The molecule has 0 radical (unpaired) electrons. The van der Waals surface area contributed by atoms with Gasteiger partial charge in [0.05, 0.1) is 23.7 Å². The van der Waals surface area contributed by atoms with Crippen LogP contribution >= 0.6 is 11.3 Å². The van der Waals surface area contributed by atoms with Gasteiger partial charge in [0.2, 0.25) is 5.91 Å². The van der Waals surface area contributed by atoms with Crippen LogP contribution in [-0.4, -0.2) is 40.7 Å². The van der Waals surface area contributed by atoms with E-state index in [1.54, 1.807) is 0 Å². The van der Waals surface area contributed by atoms with Crippen LogP contribution in [0, 0.1) is 0 Å². The van der Waals surface area contributed by atoms with Crippen LogP contribution in [0.15, 0.2) is 35.7 Å². The molecule has 24 heavy (non-hydrogen) atoms. The second-order valence-electron chi connectivity index (χ2n) is 5.81. The zero-order chi connectivity index (χ0) is 17.0. The van der Waals surface area contributed by atoms with Crippen LogP contribution in [-0.2, 0) is 27.2 Å². The first kappa shape index (κ1) is 16.6. The Bertz CT molecular complexity index is 723. The summed E-state index contributed by atoms with van der Waals surface area (Å²) in [7, 11) is 0. The first-order valence-electron chi connectivity index (χ1n) is 7.67. The van der Waals surface area contributed by atoms with E-state index in [0.29, 0.717) is 12.3 Å². The maximum absolute atomic E-state index is 12.2. The van der Waals surface area contributed by atoms with E-state index in [9.17, 15) is 14.7 Å². The van der Waals surface area contributed by atoms with Crippen molar-refractivity contribution in [3.8, 4) is 0 Å². The van der Waals surface area contributed by atoms with E-state index in [-0.39, 0.29) is 25.4 Å². The van der Waals surface area contributed by atoms with Gasteiger partial charge < -0.3 is 15.2 Å². The molecular formula is C17H18N2O4S. The van der Waals surface area contributed by atoms with Crippen molar-refractivity contribution in [1.82, 2.24) is 10.3 Å². The van der Waals surface area contributed by atoms with E-state index in [1.165, 1.54) is 11.3 Å². The van der Waals surface area contributed by atoms with Gasteiger partial charge in [0, 0.05) is 24.8 Å². The Morgan fingerprint density at radius 3 is 2.79 bits per heavy atom. The SMILES string of the molecule is O=C(Cc1csc(Cc2ccccc2)n1)NC1(C(=O)O)CCOC1. The number of nitrogens with one attached hydrogen (secondary N) is 1. The Labute approximate surface area is 143 Å². The smallest absolute Gasteiger partial charge is 0.331 e. The third kappa shape index (κ3) is 3.80. The second kappa shape index (κ2) is 7.11. The zero-order valence-corrected chi connectivity index (χ0v) is 13.8. The number of amides is 1. The number of carbonyl (C=O) groups excluding carboxylic acids is 1. The van der Waals surface area contributed by atoms with Crippen molar-refractivity contribution >= 4 is 23.2 Å². The maximum atomic E-state index is 12.2. The number of nitrogens with zero attached hydrogens (tertiary/aromatic N) is 1. The molecule has 1 amide bonds. The van der Waals surface area contributed by atoms with Gasteiger partial charge in [0.1, 0.15) is 0 Å². The Morgan fingerprint density at radius 1 is 1.33 bits per heavy atom. The number of ether oxygens (including phenoxy) is 1. The van der Waals surface area contributed by atoms with Crippen LogP contribution in [0.25, 0.3) is 0 Å². The first-order chi connectivity index (χ1) is 11.6. The largest absolute Gasteiger partial charge is 0.479 e. The van der Waals surface area contributed by atoms with Crippen molar-refractivity contribution in [2.45, 2.75) is 24.8 Å². The molecule has 126 valence electrons. The summed E-state index contributed by atoms with van der Waals surface area (Å²) in [4.78, 5) is 28.1. The third-order valence-corrected chi connectivity index (χ3v) is 4.85. The molecule has 1 fully saturated rings. The molecule has 1 aliphatic heterocycles. The Morgan fingerprint density at radius 2 is 2.12 bits per heavy atom. The summed E-state index contributed by atoms with van der Waals surface area (Å²) >= 11 is 1.50. The summed E-state index contributed by atoms with van der Waals surface area (Å²) in [6, 6.07) is 9.99. The molecule has 1 saturated heterocycles. The highest BCUT2D eigenvalue weighted by molar-refractivity contribution is 7.09. The molecule has 0 aliphatic carbocycles. The highest BCUT2D eigenvalue weighted by atomic mass is 32.1. The molecule has 2 N–H and O–H groups in total. The Balaban J connectivity index is 1.60. The normalized spacial score (nSPS) is 20.0. The van der Waals surface area contributed by atoms with Gasteiger partial charge in [-0.25, -0.2) is 9.78 Å². The van der Waals surface area contributed by atoms with Crippen LogP contribution in [0.5, 0.6) is 0 Å². The molecule has 1 aromatic heterocycles. The van der Waals surface area contributed by atoms with Crippen LogP contribution in [0.2, 0.25) is 0 Å². The predicted molar refractivity (Wildman–Crippen MR) is 89.0 cm³/mol. The van der Waals surface area contributed by atoms with Gasteiger partial charge in [-0.3, -0.25) is 4.79 Å². The van der Waals surface area contributed by atoms with Gasteiger partial charge in [-0.15, -0.1) is 11.3 Å². The molecule has 2 heterocycles. The molecule has 7 heteroatoms. The lowest BCUT2D eigenvalue weighted by molar-refractivity contribution is -0.147. The van der Waals surface area contributed by atoms with Gasteiger partial charge >= 0.3 is 5.97 Å². The lowest BCUT2D eigenvalue weighted by atomic mass is 9.99. The van der Waals surface area contributed by atoms with Crippen LogP contribution in [0.4, 0.5) is 0 Å². The number of carboxylic acid groups (broad SMARTS) is 1. The van der Waals surface area contributed by atoms with Crippen molar-refractivity contribution in [2.24, 2.45) is 0 Å². The highest BCUT2D eigenvalue weighted by Crippen LogP contribution is 2.20. The number of hydrogen-bond donors (Lipinski definition) is 2. The summed E-state index contributed by atoms with van der Waals surface area (Å²) < 4.78 is 5.13. The molecular weight excluding hydrogens is 328 g/mol. The summed E-state index contributed by atoms with van der Waals surface area (Å²) in [5.74, 6) is -1.41. The lowest BCUT2D eigenvalue weighted by Gasteiger charge is -2.23. The minimum absolute atomic E-state index is 0.00436. The van der Waals surface area contributed by atoms with Gasteiger partial charge in [-0.05, 0) is 5.56 Å². The number of hydrogen-bond acceptors (Lipinski definition) is 5. The lowest BCUT2D eigenvalue weighted by Crippen LogP contribution is -2.55. The van der Waals surface area contributed by atoms with Crippen molar-refractivity contribution in [3.63, 3.8) is 0 Å². The third-order valence-electron chi connectivity index (χ3n) is 3.95. The van der Waals surface area contributed by atoms with Gasteiger partial charge in [-0.1, -0.05) is 30.3 Å². The number of aliphatic carboxylic acids is 1. The zero-order valence-electron chi connectivity index (χ0n) is 13.0. The molecule has 2 aromatic rings. The summed E-state index contributed by atoms with van der Waals surface area (Å²) in [6.07, 6.45) is 1.07. The van der Waals surface area contributed by atoms with Crippen molar-refractivity contribution in [1.29, 1.82) is 0 Å². The van der Waals surface area contributed by atoms with Crippen LogP contribution in [0.1, 0.15) is 22.7 Å². The van der Waals surface area contributed by atoms with E-state index < -0.39 is 11.5 Å². The fourth-order valence-corrected chi connectivity index (χ4v) is 3.47. The van der Waals surface area contributed by atoms with Gasteiger partial charge in [0.15, 0.2) is 5.54 Å². The average Bonchev–Trinajstić information content (AvgIpc) is 3.19. The summed E-state index contributed by atoms with van der Waals surface area (Å²) in [5, 5.41) is 14.7. The van der Waals surface area contributed by atoms with Gasteiger partial charge in [0.25, 0.3) is 0 Å². The van der Waals surface area contributed by atoms with Crippen molar-refractivity contribution in [2.75, 3.05) is 13.2 Å². The molecule has 0 saturated carbocycles. The van der Waals surface area contributed by atoms with E-state index in [0.717, 1.165) is 17.0 Å². The molecule has 3 rings (SSSR count). The number of carboxylic acids is 1. The second-order valence-corrected chi connectivity index (χ2v) is 6.75. The van der Waals surface area contributed by atoms with E-state index >= 15 is 0 Å². The minimum atomic E-state index is -1.31. The topological polar surface area (TPSA) is 88.5 Å². The summed E-state index contributed by atoms with van der Waals surface area (Å²) in [5.41, 5.74) is 0.513. The fourth-order valence-electron chi connectivity index (χ4n) is 2.64. The number of aromatic nitrogens is 1. The molecule has 1 atom stereocenters. The quantitative estimate of drug-likeness (QED) is 0.830. The molecule has 1 unspecified atom stereocenters. The summed E-state index contributed by atoms with van der Waals surface area (Å²) in [6.45, 7) is 0.342. The number of thiazole rings is 1. The molecule has 1 aromatic carbocycles. The molecule has 1 aliphatic rings. The van der Waals surface area contributed by atoms with Crippen molar-refractivity contribution in [3.05, 3.63) is 52.0 Å². The van der Waals surface area contributed by atoms with Crippen molar-refractivity contribution < 1.29 is 19.4 Å². The maximum Gasteiger partial charge on any atom is 0.331 e. The first-order valence-corrected chi connectivity index (χ1v) is 8.55. The molecule has 0 spiro atoms. The average molecular weight is 346 g/mol. The van der Waals surface area contributed by atoms with Crippen LogP contribution < -0.4 is 5.32 Å². The highest BCUT2D eigenvalue weighted by Gasteiger charge is 2.43. The predicted octanol–water partition coefficient (Wildman–Crippen LogP) is 1.64. The van der Waals surface area contributed by atoms with Gasteiger partial charge in [-0.2, -0.15) is 0 Å². The Hall–Kier alpha value is -2.25. The monoisotopic (exact) mass is 346 g/mol. The van der Waals surface area contributed by atoms with E-state index in [2.05, 4.69) is 10.3 Å². The number of carbonyl (C=O) groups is 2. The van der Waals surface area contributed by atoms with E-state index in [1.807, 2.05) is 35.7 Å². The minimum Gasteiger partial charge on any atom is -0.479 e. The Kier molecular flexibility index (Phi) is 4.92. The molecule has 0 bridgehead atoms. The molecule has 6 nitrogen and oxygen atoms in total. The fraction of sp³-hybridized carbons (Fsp3) is 0.353. The van der Waals surface area contributed by atoms with E-state index in [4.69, 9.17) is 4.74 Å². The van der Waals surface area contributed by atoms with Crippen LogP contribution in [0.3, 0.4) is 0 Å². The number of benzene rings is 1. The number of rotatable bonds is 6.